The molecule has 1 heterocycles. The number of rotatable bonds is 3. The number of aliphatic carboxylic acids is 1. The van der Waals surface area contributed by atoms with Gasteiger partial charge in [0.25, 0.3) is 0 Å². The summed E-state index contributed by atoms with van der Waals surface area (Å²) in [5, 5.41) is 12.0. The number of carboxylic acids is 1. The zero-order chi connectivity index (χ0) is 19.6. The molecule has 148 valence electrons. The normalized spacial score (nSPS) is 28.8. The Morgan fingerprint density at radius 3 is 2.33 bits per heavy atom. The topological polar surface area (TPSA) is 69.6 Å². The number of nitrogens with one attached hydrogen (secondary N) is 1. The van der Waals surface area contributed by atoms with Gasteiger partial charge in [-0.1, -0.05) is 43.2 Å². The molecule has 0 bridgehead atoms. The van der Waals surface area contributed by atoms with Crippen molar-refractivity contribution in [3.05, 3.63) is 35.9 Å². The first kappa shape index (κ1) is 19.5. The number of urea groups is 1. The molecular formula is C19H23F3N2O3. The molecule has 0 spiro atoms. The van der Waals surface area contributed by atoms with Crippen molar-refractivity contribution in [2.75, 3.05) is 13.1 Å². The van der Waals surface area contributed by atoms with Crippen LogP contribution in [0.4, 0.5) is 18.0 Å². The molecule has 1 aliphatic carbocycles. The molecule has 2 fully saturated rings. The van der Waals surface area contributed by atoms with Crippen LogP contribution in [0.25, 0.3) is 0 Å². The molecule has 1 aromatic carbocycles. The van der Waals surface area contributed by atoms with Crippen molar-refractivity contribution in [2.24, 2.45) is 11.8 Å². The maximum atomic E-state index is 13.1. The smallest absolute Gasteiger partial charge is 0.394 e. The van der Waals surface area contributed by atoms with Gasteiger partial charge in [0.05, 0.1) is 11.8 Å². The lowest BCUT2D eigenvalue weighted by molar-refractivity contribution is -0.187. The molecule has 1 aliphatic heterocycles. The monoisotopic (exact) mass is 384 g/mol. The fraction of sp³-hybridized carbons (Fsp3) is 0.579. The maximum Gasteiger partial charge on any atom is 0.394 e. The minimum atomic E-state index is -4.64. The Morgan fingerprint density at radius 1 is 1.07 bits per heavy atom. The number of carbonyl (C=O) groups is 2. The molecule has 4 atom stereocenters. The first-order chi connectivity index (χ1) is 12.8. The molecule has 0 aromatic heterocycles. The van der Waals surface area contributed by atoms with Crippen LogP contribution in [0.5, 0.6) is 0 Å². The lowest BCUT2D eigenvalue weighted by Crippen LogP contribution is -2.47. The average molecular weight is 384 g/mol. The van der Waals surface area contributed by atoms with E-state index in [9.17, 15) is 22.8 Å². The van der Waals surface area contributed by atoms with Crippen LogP contribution in [0.1, 0.15) is 37.2 Å². The molecule has 2 amide bonds. The largest absolute Gasteiger partial charge is 0.481 e. The first-order valence-corrected chi connectivity index (χ1v) is 9.17. The van der Waals surface area contributed by atoms with Crippen LogP contribution in [0.15, 0.2) is 30.3 Å². The predicted octanol–water partition coefficient (Wildman–Crippen LogP) is 3.62. The summed E-state index contributed by atoms with van der Waals surface area (Å²) in [7, 11) is 0. The van der Waals surface area contributed by atoms with Gasteiger partial charge in [-0.2, -0.15) is 13.2 Å². The molecular weight excluding hydrogens is 361 g/mol. The van der Waals surface area contributed by atoms with E-state index in [1.54, 1.807) is 0 Å². The summed E-state index contributed by atoms with van der Waals surface area (Å²) < 4.78 is 39.4. The van der Waals surface area contributed by atoms with E-state index in [-0.39, 0.29) is 12.0 Å². The number of carboxylic acid groups (broad SMARTS) is 1. The van der Waals surface area contributed by atoms with Crippen molar-refractivity contribution < 1.29 is 27.9 Å². The summed E-state index contributed by atoms with van der Waals surface area (Å²) in [5.74, 6) is -5.06. The van der Waals surface area contributed by atoms with Gasteiger partial charge in [-0.15, -0.1) is 0 Å². The number of alkyl halides is 3. The average Bonchev–Trinajstić information content (AvgIpc) is 3.09. The zero-order valence-electron chi connectivity index (χ0n) is 14.8. The van der Waals surface area contributed by atoms with Crippen molar-refractivity contribution >= 4 is 12.0 Å². The molecule has 2 N–H and O–H groups in total. The Bertz CT molecular complexity index is 681. The zero-order valence-corrected chi connectivity index (χ0v) is 14.8. The van der Waals surface area contributed by atoms with Crippen molar-refractivity contribution in [3.8, 4) is 0 Å². The third-order valence-corrected chi connectivity index (χ3v) is 5.65. The van der Waals surface area contributed by atoms with Crippen LogP contribution in [-0.2, 0) is 4.79 Å². The van der Waals surface area contributed by atoms with Gasteiger partial charge in [0.2, 0.25) is 0 Å². The van der Waals surface area contributed by atoms with E-state index in [1.165, 1.54) is 0 Å². The second-order valence-corrected chi connectivity index (χ2v) is 7.36. The van der Waals surface area contributed by atoms with E-state index >= 15 is 0 Å². The highest BCUT2D eigenvalue weighted by Gasteiger charge is 2.53. The number of hydrogen-bond donors (Lipinski definition) is 2. The molecule has 5 nitrogen and oxygen atoms in total. The van der Waals surface area contributed by atoms with Crippen molar-refractivity contribution in [3.63, 3.8) is 0 Å². The Kier molecular flexibility index (Phi) is 5.62. The minimum Gasteiger partial charge on any atom is -0.481 e. The second kappa shape index (κ2) is 7.78. The summed E-state index contributed by atoms with van der Waals surface area (Å²) in [4.78, 5) is 24.8. The number of carbonyl (C=O) groups excluding carboxylic acids is 1. The van der Waals surface area contributed by atoms with Gasteiger partial charge >= 0.3 is 18.2 Å². The molecule has 1 saturated carbocycles. The van der Waals surface area contributed by atoms with Gasteiger partial charge < -0.3 is 15.3 Å². The SMILES string of the molecule is O=C(O)[C@@H]1CN(C(=O)NC2CCCCC2c2ccccc2)C[C@H]1C(F)(F)F. The third kappa shape index (κ3) is 4.36. The molecule has 2 aliphatic rings. The van der Waals surface area contributed by atoms with E-state index in [0.29, 0.717) is 0 Å². The highest BCUT2D eigenvalue weighted by Crippen LogP contribution is 2.38. The summed E-state index contributed by atoms with van der Waals surface area (Å²) >= 11 is 0. The van der Waals surface area contributed by atoms with Crippen LogP contribution in [0.3, 0.4) is 0 Å². The quantitative estimate of drug-likeness (QED) is 0.836. The van der Waals surface area contributed by atoms with Gasteiger partial charge in [0, 0.05) is 25.0 Å². The lowest BCUT2D eigenvalue weighted by atomic mass is 9.80. The standard InChI is InChI=1S/C19H23F3N2O3/c20-19(21,22)15-11-24(10-14(15)17(25)26)18(27)23-16-9-5-4-8-13(16)12-6-2-1-3-7-12/h1-3,6-7,13-16H,4-5,8-11H2,(H,23,27)(H,25,26)/t13?,14-,15-,16?/m1/s1. The Morgan fingerprint density at radius 2 is 1.74 bits per heavy atom. The number of nitrogens with zero attached hydrogens (tertiary/aromatic N) is 1. The number of amides is 2. The summed E-state index contributed by atoms with van der Waals surface area (Å²) in [6.07, 6.45) is -1.01. The van der Waals surface area contributed by atoms with Crippen molar-refractivity contribution in [1.29, 1.82) is 0 Å². The Labute approximate surface area is 155 Å². The Balaban J connectivity index is 1.69. The molecule has 0 radical (unpaired) electrons. The van der Waals surface area contributed by atoms with Crippen LogP contribution >= 0.6 is 0 Å². The van der Waals surface area contributed by atoms with Crippen molar-refractivity contribution in [2.45, 2.75) is 43.8 Å². The van der Waals surface area contributed by atoms with Gasteiger partial charge in [-0.25, -0.2) is 4.79 Å². The summed E-state index contributed by atoms with van der Waals surface area (Å²) in [5.41, 5.74) is 1.10. The number of likely N-dealkylation sites (tertiary alicyclic amines) is 1. The van der Waals surface area contributed by atoms with E-state index in [1.807, 2.05) is 30.3 Å². The van der Waals surface area contributed by atoms with Gasteiger partial charge in [0.15, 0.2) is 0 Å². The fourth-order valence-electron chi connectivity index (χ4n) is 4.20. The number of halogens is 3. The number of benzene rings is 1. The molecule has 27 heavy (non-hydrogen) atoms. The van der Waals surface area contributed by atoms with E-state index < -0.39 is 43.1 Å². The first-order valence-electron chi connectivity index (χ1n) is 9.17. The van der Waals surface area contributed by atoms with E-state index in [2.05, 4.69) is 5.32 Å². The van der Waals surface area contributed by atoms with Gasteiger partial charge in [-0.05, 0) is 18.4 Å². The highest BCUT2D eigenvalue weighted by molar-refractivity contribution is 5.78. The third-order valence-electron chi connectivity index (χ3n) is 5.65. The van der Waals surface area contributed by atoms with E-state index in [0.717, 1.165) is 36.1 Å². The van der Waals surface area contributed by atoms with Crippen molar-refractivity contribution in [1.82, 2.24) is 10.2 Å². The summed E-state index contributed by atoms with van der Waals surface area (Å²) in [6.45, 7) is -1.04. The lowest BCUT2D eigenvalue weighted by Gasteiger charge is -2.34. The van der Waals surface area contributed by atoms with Crippen LogP contribution in [0, 0.1) is 11.8 Å². The van der Waals surface area contributed by atoms with Crippen LogP contribution in [-0.4, -0.2) is 47.3 Å². The minimum absolute atomic E-state index is 0.111. The Hall–Kier alpha value is -2.25. The van der Waals surface area contributed by atoms with Crippen LogP contribution < -0.4 is 5.32 Å². The second-order valence-electron chi connectivity index (χ2n) is 7.36. The summed E-state index contributed by atoms with van der Waals surface area (Å²) in [6, 6.07) is 8.97. The van der Waals surface area contributed by atoms with E-state index in [4.69, 9.17) is 5.11 Å². The molecule has 8 heteroatoms. The molecule has 1 aromatic rings. The van der Waals surface area contributed by atoms with Crippen LogP contribution in [0.2, 0.25) is 0 Å². The highest BCUT2D eigenvalue weighted by atomic mass is 19.4. The predicted molar refractivity (Wildman–Crippen MR) is 92.2 cm³/mol. The number of hydrogen-bond acceptors (Lipinski definition) is 2. The fourth-order valence-corrected chi connectivity index (χ4v) is 4.20. The van der Waals surface area contributed by atoms with Gasteiger partial charge in [-0.3, -0.25) is 4.79 Å². The molecule has 1 saturated heterocycles. The maximum absolute atomic E-state index is 13.1. The molecule has 2 unspecified atom stereocenters. The van der Waals surface area contributed by atoms with Gasteiger partial charge in [0.1, 0.15) is 0 Å². The molecule has 3 rings (SSSR count).